The Morgan fingerprint density at radius 1 is 1.16 bits per heavy atom. The summed E-state index contributed by atoms with van der Waals surface area (Å²) in [7, 11) is -3.71. The van der Waals surface area contributed by atoms with Gasteiger partial charge in [-0.15, -0.1) is 0 Å². The molecule has 8 nitrogen and oxygen atoms in total. The molecule has 0 saturated heterocycles. The van der Waals surface area contributed by atoms with Crippen molar-refractivity contribution >= 4 is 49.8 Å². The van der Waals surface area contributed by atoms with E-state index in [2.05, 4.69) is 10.3 Å². The van der Waals surface area contributed by atoms with Gasteiger partial charge >= 0.3 is 5.97 Å². The molecule has 4 rings (SSSR count). The molecule has 1 aliphatic carbocycles. The number of allylic oxidation sites excluding steroid dienone is 2. The number of rotatable bonds is 9. The highest BCUT2D eigenvalue weighted by Crippen LogP contribution is 2.33. The summed E-state index contributed by atoms with van der Waals surface area (Å²) < 4.78 is 59.4. The molecule has 1 unspecified atom stereocenters. The lowest BCUT2D eigenvalue weighted by Gasteiger charge is -2.19. The number of sulfone groups is 1. The molecule has 0 aliphatic heterocycles. The Morgan fingerprint density at radius 2 is 1.89 bits per heavy atom. The number of amides is 1. The van der Waals surface area contributed by atoms with Crippen LogP contribution in [0, 0.1) is 11.6 Å². The number of halogens is 3. The molecule has 1 aliphatic rings. The summed E-state index contributed by atoms with van der Waals surface area (Å²) in [6.45, 7) is 0. The standard InChI is InChI=1S/C25H21ClF2N2O6S2/c26-23-19(13-21(31)32)29-25(37-23)30-24(33)22(36-20-11-8-15(27)12-18(20)28)14-6-9-17(10-7-14)38(34,35)16-4-2-1-3-5-16/h4,6-12,22H,1-3,5,13H2,(H,31,32)(H,29,30,33). The van der Waals surface area contributed by atoms with Crippen molar-refractivity contribution in [3.63, 3.8) is 0 Å². The molecule has 38 heavy (non-hydrogen) atoms. The molecular weight excluding hydrogens is 562 g/mol. The monoisotopic (exact) mass is 582 g/mol. The molecule has 13 heteroatoms. The van der Waals surface area contributed by atoms with E-state index in [0.717, 1.165) is 36.3 Å². The summed E-state index contributed by atoms with van der Waals surface area (Å²) in [4.78, 5) is 28.6. The minimum Gasteiger partial charge on any atom is -0.481 e. The number of hydrogen-bond donors (Lipinski definition) is 2. The van der Waals surface area contributed by atoms with Crippen LogP contribution in [0.2, 0.25) is 4.34 Å². The molecule has 0 spiro atoms. The zero-order chi connectivity index (χ0) is 27.4. The molecule has 0 fully saturated rings. The van der Waals surface area contributed by atoms with Gasteiger partial charge in [-0.3, -0.25) is 14.9 Å². The molecule has 0 bridgehead atoms. The highest BCUT2D eigenvalue weighted by atomic mass is 35.5. The van der Waals surface area contributed by atoms with E-state index in [1.165, 1.54) is 24.3 Å². The molecule has 1 heterocycles. The molecule has 2 aromatic carbocycles. The molecule has 1 aromatic heterocycles. The van der Waals surface area contributed by atoms with Crippen LogP contribution in [-0.2, 0) is 25.8 Å². The number of carboxylic acid groups (broad SMARTS) is 1. The number of nitrogens with one attached hydrogen (secondary N) is 1. The topological polar surface area (TPSA) is 123 Å². The van der Waals surface area contributed by atoms with Crippen molar-refractivity contribution in [2.75, 3.05) is 5.32 Å². The lowest BCUT2D eigenvalue weighted by atomic mass is 10.1. The van der Waals surface area contributed by atoms with Crippen molar-refractivity contribution < 1.29 is 36.6 Å². The lowest BCUT2D eigenvalue weighted by molar-refractivity contribution is -0.136. The number of carbonyl (C=O) groups excluding carboxylic acids is 1. The smallest absolute Gasteiger partial charge is 0.309 e. The van der Waals surface area contributed by atoms with Gasteiger partial charge in [0.25, 0.3) is 5.91 Å². The molecule has 1 amide bonds. The van der Waals surface area contributed by atoms with Gasteiger partial charge < -0.3 is 9.84 Å². The minimum absolute atomic E-state index is 0.0205. The van der Waals surface area contributed by atoms with E-state index in [9.17, 15) is 26.8 Å². The Balaban J connectivity index is 1.64. The number of aromatic nitrogens is 1. The van der Waals surface area contributed by atoms with Gasteiger partial charge in [-0.1, -0.05) is 41.1 Å². The first-order chi connectivity index (χ1) is 18.0. The Labute approximate surface area is 225 Å². The van der Waals surface area contributed by atoms with Gasteiger partial charge in [0.2, 0.25) is 15.9 Å². The van der Waals surface area contributed by atoms with Crippen LogP contribution < -0.4 is 10.1 Å². The number of hydrogen-bond acceptors (Lipinski definition) is 7. The van der Waals surface area contributed by atoms with E-state index in [1.54, 1.807) is 6.08 Å². The second-order valence-corrected chi connectivity index (χ2v) is 12.0. The molecule has 1 atom stereocenters. The maximum atomic E-state index is 14.4. The second kappa shape index (κ2) is 11.6. The van der Waals surface area contributed by atoms with Crippen LogP contribution in [0.3, 0.4) is 0 Å². The van der Waals surface area contributed by atoms with Gasteiger partial charge in [-0.2, -0.15) is 0 Å². The van der Waals surface area contributed by atoms with Crippen molar-refractivity contribution in [2.24, 2.45) is 0 Å². The number of ether oxygens (including phenoxy) is 1. The maximum absolute atomic E-state index is 14.4. The van der Waals surface area contributed by atoms with E-state index in [-0.39, 0.29) is 25.6 Å². The molecular formula is C25H21ClF2N2O6S2. The zero-order valence-electron chi connectivity index (χ0n) is 19.6. The van der Waals surface area contributed by atoms with E-state index in [4.69, 9.17) is 21.4 Å². The molecule has 0 radical (unpaired) electrons. The van der Waals surface area contributed by atoms with Crippen molar-refractivity contribution in [1.29, 1.82) is 0 Å². The molecule has 200 valence electrons. The number of carboxylic acids is 1. The predicted octanol–water partition coefficient (Wildman–Crippen LogP) is 5.69. The summed E-state index contributed by atoms with van der Waals surface area (Å²) in [5.41, 5.74) is 0.226. The van der Waals surface area contributed by atoms with Crippen LogP contribution >= 0.6 is 22.9 Å². The second-order valence-electron chi connectivity index (χ2n) is 8.36. The Bertz CT molecular complexity index is 1510. The highest BCUT2D eigenvalue weighted by molar-refractivity contribution is 7.95. The summed E-state index contributed by atoms with van der Waals surface area (Å²) in [6.07, 6.45) is 2.57. The van der Waals surface area contributed by atoms with Gasteiger partial charge in [0, 0.05) is 16.5 Å². The third-order valence-corrected chi connectivity index (χ3v) is 8.87. The Morgan fingerprint density at radius 3 is 2.53 bits per heavy atom. The predicted molar refractivity (Wildman–Crippen MR) is 137 cm³/mol. The van der Waals surface area contributed by atoms with E-state index in [1.807, 2.05) is 0 Å². The van der Waals surface area contributed by atoms with Gasteiger partial charge in [0.15, 0.2) is 16.7 Å². The summed E-state index contributed by atoms with van der Waals surface area (Å²) in [5, 5.41) is 11.4. The number of carbonyl (C=O) groups is 2. The largest absolute Gasteiger partial charge is 0.481 e. The molecule has 0 saturated carbocycles. The summed E-state index contributed by atoms with van der Waals surface area (Å²) >= 11 is 6.85. The van der Waals surface area contributed by atoms with Gasteiger partial charge in [0.1, 0.15) is 10.2 Å². The fourth-order valence-corrected chi connectivity index (χ4v) is 6.40. The minimum atomic E-state index is -3.71. The van der Waals surface area contributed by atoms with Crippen LogP contribution in [0.1, 0.15) is 43.0 Å². The number of benzene rings is 2. The van der Waals surface area contributed by atoms with Crippen LogP contribution in [0.15, 0.2) is 58.3 Å². The van der Waals surface area contributed by atoms with Gasteiger partial charge in [0.05, 0.1) is 17.0 Å². The van der Waals surface area contributed by atoms with Crippen LogP contribution in [-0.4, -0.2) is 30.4 Å². The molecule has 2 N–H and O–H groups in total. The average molecular weight is 583 g/mol. The van der Waals surface area contributed by atoms with Crippen LogP contribution in [0.4, 0.5) is 13.9 Å². The van der Waals surface area contributed by atoms with Crippen molar-refractivity contribution in [3.05, 3.63) is 80.7 Å². The Hall–Kier alpha value is -3.35. The fourth-order valence-electron chi connectivity index (χ4n) is 3.81. The highest BCUT2D eigenvalue weighted by Gasteiger charge is 2.28. The first-order valence-electron chi connectivity index (χ1n) is 11.4. The first-order valence-corrected chi connectivity index (χ1v) is 14.1. The van der Waals surface area contributed by atoms with Crippen molar-refractivity contribution in [3.8, 4) is 5.75 Å². The lowest BCUT2D eigenvalue weighted by Crippen LogP contribution is -2.26. The third-order valence-electron chi connectivity index (χ3n) is 5.66. The van der Waals surface area contributed by atoms with Crippen LogP contribution in [0.5, 0.6) is 5.75 Å². The van der Waals surface area contributed by atoms with Crippen molar-refractivity contribution in [1.82, 2.24) is 4.98 Å². The number of thiazole rings is 1. The van der Waals surface area contributed by atoms with Gasteiger partial charge in [-0.25, -0.2) is 22.2 Å². The third kappa shape index (κ3) is 6.37. The van der Waals surface area contributed by atoms with E-state index >= 15 is 0 Å². The zero-order valence-corrected chi connectivity index (χ0v) is 22.0. The van der Waals surface area contributed by atoms with Crippen LogP contribution in [0.25, 0.3) is 0 Å². The average Bonchev–Trinajstić information content (AvgIpc) is 3.21. The fraction of sp³-hybridized carbons (Fsp3) is 0.240. The summed E-state index contributed by atoms with van der Waals surface area (Å²) in [6, 6.07) is 7.96. The first kappa shape index (κ1) is 27.7. The number of nitrogens with zero attached hydrogens (tertiary/aromatic N) is 1. The SMILES string of the molecule is O=C(O)Cc1nc(NC(=O)C(Oc2ccc(F)cc2F)c2ccc(S(=O)(=O)C3=CCCCC3)cc2)sc1Cl. The van der Waals surface area contributed by atoms with Crippen molar-refractivity contribution in [2.45, 2.75) is 43.1 Å². The van der Waals surface area contributed by atoms with Gasteiger partial charge in [-0.05, 0) is 49.9 Å². The quantitative estimate of drug-likeness (QED) is 0.332. The normalized spacial score (nSPS) is 14.4. The number of anilines is 1. The Kier molecular flexibility index (Phi) is 8.44. The molecule has 3 aromatic rings. The summed E-state index contributed by atoms with van der Waals surface area (Å²) in [5.74, 6) is -4.30. The van der Waals surface area contributed by atoms with E-state index in [0.29, 0.717) is 23.8 Å². The van der Waals surface area contributed by atoms with E-state index < -0.39 is 51.6 Å². The number of aliphatic carboxylic acids is 1. The maximum Gasteiger partial charge on any atom is 0.309 e.